The van der Waals surface area contributed by atoms with Gasteiger partial charge in [0.15, 0.2) is 9.84 Å². The van der Waals surface area contributed by atoms with Gasteiger partial charge in [-0.3, -0.25) is 9.48 Å². The van der Waals surface area contributed by atoms with E-state index in [1.54, 1.807) is 33.8 Å². The second kappa shape index (κ2) is 8.78. The maximum absolute atomic E-state index is 13.4. The second-order valence-electron chi connectivity index (χ2n) is 9.58. The van der Waals surface area contributed by atoms with Crippen molar-refractivity contribution in [1.82, 2.24) is 14.7 Å². The normalized spacial score (nSPS) is 18.6. The van der Waals surface area contributed by atoms with Gasteiger partial charge >= 0.3 is 0 Å². The number of hydrogen-bond donors (Lipinski definition) is 0. The van der Waals surface area contributed by atoms with Crippen LogP contribution in [-0.4, -0.2) is 48.9 Å². The standard InChI is InChI=1S/C26H27Cl2N3O4S/c1-15-23-20(8-11-31(15)25(32)19-6-5-7-21(35-3)22(19)28)24(30(2)29-23)16-12-17(14-18(27)13-16)26(9-10-26)36(4,33)34/h5-7,12-15H,8-11H2,1-4H3/t15-/m0/s1. The third-order valence-corrected chi connectivity index (χ3v) is 10.1. The lowest BCUT2D eigenvalue weighted by Crippen LogP contribution is -2.39. The Morgan fingerprint density at radius 3 is 2.56 bits per heavy atom. The van der Waals surface area contributed by atoms with Crippen LogP contribution in [0.5, 0.6) is 5.75 Å². The van der Waals surface area contributed by atoms with Gasteiger partial charge in [-0.05, 0) is 62.1 Å². The van der Waals surface area contributed by atoms with Gasteiger partial charge < -0.3 is 9.64 Å². The molecule has 0 spiro atoms. The number of benzene rings is 2. The summed E-state index contributed by atoms with van der Waals surface area (Å²) in [7, 11) is 0.0938. The van der Waals surface area contributed by atoms with Crippen LogP contribution in [-0.2, 0) is 28.1 Å². The van der Waals surface area contributed by atoms with Gasteiger partial charge in [0.1, 0.15) is 5.75 Å². The van der Waals surface area contributed by atoms with E-state index in [0.29, 0.717) is 42.1 Å². The molecule has 0 radical (unpaired) electrons. The predicted molar refractivity (Wildman–Crippen MR) is 141 cm³/mol. The van der Waals surface area contributed by atoms with Gasteiger partial charge in [0, 0.05) is 36.0 Å². The number of methoxy groups -OCH3 is 1. The number of hydrogen-bond acceptors (Lipinski definition) is 5. The van der Waals surface area contributed by atoms with E-state index in [4.69, 9.17) is 33.0 Å². The quantitative estimate of drug-likeness (QED) is 0.438. The maximum Gasteiger partial charge on any atom is 0.256 e. The molecule has 7 nitrogen and oxygen atoms in total. The highest BCUT2D eigenvalue weighted by Crippen LogP contribution is 2.53. The Balaban J connectivity index is 1.53. The third kappa shape index (κ3) is 3.90. The lowest BCUT2D eigenvalue weighted by molar-refractivity contribution is 0.0673. The van der Waals surface area contributed by atoms with Gasteiger partial charge in [-0.15, -0.1) is 0 Å². The van der Waals surface area contributed by atoms with Gasteiger partial charge in [0.2, 0.25) is 0 Å². The van der Waals surface area contributed by atoms with Crippen molar-refractivity contribution in [1.29, 1.82) is 0 Å². The first-order valence-corrected chi connectivity index (χ1v) is 14.3. The highest BCUT2D eigenvalue weighted by Gasteiger charge is 2.53. The molecule has 1 aliphatic carbocycles. The molecule has 1 fully saturated rings. The monoisotopic (exact) mass is 547 g/mol. The van der Waals surface area contributed by atoms with Crippen LogP contribution in [0.3, 0.4) is 0 Å². The molecule has 1 saturated carbocycles. The molecule has 5 rings (SSSR count). The minimum atomic E-state index is -3.28. The van der Waals surface area contributed by atoms with Gasteiger partial charge in [0.05, 0.1) is 39.9 Å². The molecule has 1 amide bonds. The molecule has 0 N–H and O–H groups in total. The average molecular weight is 548 g/mol. The Kier molecular flexibility index (Phi) is 6.13. The maximum atomic E-state index is 13.4. The van der Waals surface area contributed by atoms with Crippen LogP contribution >= 0.6 is 23.2 Å². The van der Waals surface area contributed by atoms with Gasteiger partial charge in [0.25, 0.3) is 5.91 Å². The molecule has 10 heteroatoms. The number of fused-ring (bicyclic) bond motifs is 1. The third-order valence-electron chi connectivity index (χ3n) is 7.43. The van der Waals surface area contributed by atoms with E-state index in [9.17, 15) is 13.2 Å². The second-order valence-corrected chi connectivity index (χ2v) is 12.7. The molecule has 1 atom stereocenters. The van der Waals surface area contributed by atoms with E-state index in [2.05, 4.69) is 0 Å². The minimum absolute atomic E-state index is 0.182. The minimum Gasteiger partial charge on any atom is -0.495 e. The summed E-state index contributed by atoms with van der Waals surface area (Å²) in [5.74, 6) is 0.269. The number of carbonyl (C=O) groups is 1. The Labute approximate surface area is 220 Å². The molecule has 3 aromatic rings. The highest BCUT2D eigenvalue weighted by atomic mass is 35.5. The number of halogens is 2. The number of nitrogens with zero attached hydrogens (tertiary/aromatic N) is 3. The SMILES string of the molecule is COc1cccc(C(=O)N2CCc3c(nn(C)c3-c3cc(Cl)cc(C4(S(C)(=O)=O)CC4)c3)[C@@H]2C)c1Cl. The molecule has 2 heterocycles. The number of aromatic nitrogens is 2. The largest absolute Gasteiger partial charge is 0.495 e. The molecule has 190 valence electrons. The van der Waals surface area contributed by atoms with Crippen molar-refractivity contribution in [2.75, 3.05) is 19.9 Å². The van der Waals surface area contributed by atoms with E-state index < -0.39 is 14.6 Å². The van der Waals surface area contributed by atoms with Crippen LogP contribution in [0.25, 0.3) is 11.3 Å². The molecular weight excluding hydrogens is 521 g/mol. The summed E-state index contributed by atoms with van der Waals surface area (Å²) in [6, 6.07) is 10.4. The van der Waals surface area contributed by atoms with E-state index in [-0.39, 0.29) is 17.0 Å². The van der Waals surface area contributed by atoms with E-state index in [1.165, 1.54) is 13.4 Å². The Hall–Kier alpha value is -2.55. The Morgan fingerprint density at radius 2 is 1.92 bits per heavy atom. The zero-order chi connectivity index (χ0) is 26.0. The topological polar surface area (TPSA) is 81.5 Å². The van der Waals surface area contributed by atoms with Crippen LogP contribution in [0.1, 0.15) is 53.0 Å². The highest BCUT2D eigenvalue weighted by molar-refractivity contribution is 7.92. The molecule has 0 saturated heterocycles. The van der Waals surface area contributed by atoms with Crippen molar-refractivity contribution in [3.63, 3.8) is 0 Å². The predicted octanol–water partition coefficient (Wildman–Crippen LogP) is 5.20. The fourth-order valence-electron chi connectivity index (χ4n) is 5.35. The van der Waals surface area contributed by atoms with Gasteiger partial charge in [-0.25, -0.2) is 8.42 Å². The number of sulfone groups is 1. The smallest absolute Gasteiger partial charge is 0.256 e. The summed E-state index contributed by atoms with van der Waals surface area (Å²) < 4.78 is 31.3. The zero-order valence-electron chi connectivity index (χ0n) is 20.5. The number of rotatable bonds is 5. The van der Waals surface area contributed by atoms with E-state index in [0.717, 1.165) is 28.1 Å². The number of aryl methyl sites for hydroxylation is 1. The lowest BCUT2D eigenvalue weighted by Gasteiger charge is -2.33. The van der Waals surface area contributed by atoms with Crippen molar-refractivity contribution >= 4 is 38.9 Å². The van der Waals surface area contributed by atoms with Crippen LogP contribution in [0.2, 0.25) is 10.0 Å². The van der Waals surface area contributed by atoms with Crippen molar-refractivity contribution < 1.29 is 17.9 Å². The van der Waals surface area contributed by atoms with E-state index >= 15 is 0 Å². The van der Waals surface area contributed by atoms with Crippen molar-refractivity contribution in [2.24, 2.45) is 7.05 Å². The fraction of sp³-hybridized carbons (Fsp3) is 0.385. The summed E-state index contributed by atoms with van der Waals surface area (Å²) in [4.78, 5) is 15.2. The summed E-state index contributed by atoms with van der Waals surface area (Å²) >= 11 is 12.9. The Morgan fingerprint density at radius 1 is 1.19 bits per heavy atom. The summed E-state index contributed by atoms with van der Waals surface area (Å²) in [5, 5.41) is 5.56. The Bertz CT molecular complexity index is 1500. The van der Waals surface area contributed by atoms with Crippen LogP contribution in [0.4, 0.5) is 0 Å². The number of carbonyl (C=O) groups excluding carboxylic acids is 1. The zero-order valence-corrected chi connectivity index (χ0v) is 22.8. The molecule has 36 heavy (non-hydrogen) atoms. The molecule has 0 unspecified atom stereocenters. The molecule has 1 aromatic heterocycles. The molecule has 0 bridgehead atoms. The van der Waals surface area contributed by atoms with Crippen LogP contribution < -0.4 is 4.74 Å². The van der Waals surface area contributed by atoms with Gasteiger partial charge in [-0.2, -0.15) is 5.10 Å². The van der Waals surface area contributed by atoms with Crippen LogP contribution in [0, 0.1) is 0 Å². The molecule has 2 aliphatic rings. The number of ether oxygens (including phenoxy) is 1. The van der Waals surface area contributed by atoms with Crippen molar-refractivity contribution in [3.8, 4) is 17.0 Å². The fourth-order valence-corrected chi connectivity index (χ4v) is 7.26. The average Bonchev–Trinajstić information content (AvgIpc) is 3.57. The summed E-state index contributed by atoms with van der Waals surface area (Å²) in [6.07, 6.45) is 3.07. The van der Waals surface area contributed by atoms with E-state index in [1.807, 2.05) is 26.1 Å². The van der Waals surface area contributed by atoms with Gasteiger partial charge in [-0.1, -0.05) is 29.3 Å². The molecule has 2 aromatic carbocycles. The van der Waals surface area contributed by atoms with Crippen LogP contribution in [0.15, 0.2) is 36.4 Å². The summed E-state index contributed by atoms with van der Waals surface area (Å²) in [5.41, 5.74) is 4.65. The summed E-state index contributed by atoms with van der Waals surface area (Å²) in [6.45, 7) is 2.44. The lowest BCUT2D eigenvalue weighted by atomic mass is 9.94. The molecule has 1 aliphatic heterocycles. The van der Waals surface area contributed by atoms with Crippen molar-refractivity contribution in [2.45, 2.75) is 37.0 Å². The first-order chi connectivity index (χ1) is 17.0. The number of amides is 1. The first-order valence-electron chi connectivity index (χ1n) is 11.7. The first kappa shape index (κ1) is 25.1. The molecular formula is C26H27Cl2N3O4S. The van der Waals surface area contributed by atoms with Crippen molar-refractivity contribution in [3.05, 3.63) is 68.8 Å².